The summed E-state index contributed by atoms with van der Waals surface area (Å²) in [5.41, 5.74) is 2.10. The molecule has 0 spiro atoms. The second-order valence-corrected chi connectivity index (χ2v) is 5.55. The molecule has 2 heteroatoms. The average Bonchev–Trinajstić information content (AvgIpc) is 2.46. The summed E-state index contributed by atoms with van der Waals surface area (Å²) in [4.78, 5) is 4.56. The maximum atomic E-state index is 8.80. The average molecular weight is 195 g/mol. The van der Waals surface area contributed by atoms with Crippen LogP contribution in [0.25, 0.3) is 0 Å². The lowest BCUT2D eigenvalue weighted by atomic mass is 9.70. The zero-order valence-electron chi connectivity index (χ0n) is 9.51. The highest BCUT2D eigenvalue weighted by Crippen LogP contribution is 2.63. The summed E-state index contributed by atoms with van der Waals surface area (Å²) in [6.07, 6.45) is 3.82. The smallest absolute Gasteiger partial charge is 0.0626 e. The number of rotatable bonds is 2. The van der Waals surface area contributed by atoms with Crippen molar-refractivity contribution in [3.8, 4) is 0 Å². The zero-order chi connectivity index (χ0) is 10.4. The summed E-state index contributed by atoms with van der Waals surface area (Å²) in [5.74, 6) is 0.824. The van der Waals surface area contributed by atoms with Gasteiger partial charge in [0.15, 0.2) is 0 Å². The SMILES string of the molecule is CC1(C)[C@@H]2CC[C@@]1(C)C(=NCCO)C2. The van der Waals surface area contributed by atoms with Crippen LogP contribution in [0.1, 0.15) is 40.0 Å². The Morgan fingerprint density at radius 3 is 2.57 bits per heavy atom. The monoisotopic (exact) mass is 195 g/mol. The van der Waals surface area contributed by atoms with Crippen LogP contribution < -0.4 is 0 Å². The molecule has 2 aliphatic rings. The van der Waals surface area contributed by atoms with E-state index in [1.807, 2.05) is 0 Å². The van der Waals surface area contributed by atoms with E-state index in [0.29, 0.717) is 17.4 Å². The first-order chi connectivity index (χ1) is 6.52. The van der Waals surface area contributed by atoms with Gasteiger partial charge in [0.1, 0.15) is 0 Å². The molecule has 2 rings (SSSR count). The van der Waals surface area contributed by atoms with Gasteiger partial charge in [-0.1, -0.05) is 20.8 Å². The van der Waals surface area contributed by atoms with Crippen molar-refractivity contribution in [3.63, 3.8) is 0 Å². The fourth-order valence-corrected chi connectivity index (χ4v) is 3.35. The van der Waals surface area contributed by atoms with E-state index in [2.05, 4.69) is 25.8 Å². The molecule has 14 heavy (non-hydrogen) atoms. The molecular formula is C12H21NO. The number of aliphatic imine (C=N–C) groups is 1. The molecule has 2 fully saturated rings. The summed E-state index contributed by atoms with van der Waals surface area (Å²) in [5, 5.41) is 8.80. The Morgan fingerprint density at radius 2 is 2.14 bits per heavy atom. The number of hydrogen-bond acceptors (Lipinski definition) is 2. The van der Waals surface area contributed by atoms with Crippen molar-refractivity contribution >= 4 is 5.71 Å². The Labute approximate surface area is 86.4 Å². The van der Waals surface area contributed by atoms with Crippen molar-refractivity contribution in [2.24, 2.45) is 21.7 Å². The number of aliphatic hydroxyl groups excluding tert-OH is 1. The van der Waals surface area contributed by atoms with Gasteiger partial charge in [-0.3, -0.25) is 4.99 Å². The van der Waals surface area contributed by atoms with Crippen molar-refractivity contribution in [2.45, 2.75) is 40.0 Å². The maximum absolute atomic E-state index is 8.80. The molecule has 0 heterocycles. The summed E-state index contributed by atoms with van der Waals surface area (Å²) in [7, 11) is 0. The van der Waals surface area contributed by atoms with Gasteiger partial charge in [0.2, 0.25) is 0 Å². The number of fused-ring (bicyclic) bond motifs is 2. The van der Waals surface area contributed by atoms with Crippen molar-refractivity contribution in [3.05, 3.63) is 0 Å². The number of nitrogens with zero attached hydrogens (tertiary/aromatic N) is 1. The third-order valence-electron chi connectivity index (χ3n) is 4.91. The first-order valence-corrected chi connectivity index (χ1v) is 5.67. The molecule has 0 aliphatic heterocycles. The van der Waals surface area contributed by atoms with E-state index >= 15 is 0 Å². The van der Waals surface area contributed by atoms with Crippen LogP contribution in [0.3, 0.4) is 0 Å². The second-order valence-electron chi connectivity index (χ2n) is 5.55. The lowest BCUT2D eigenvalue weighted by Crippen LogP contribution is -2.32. The molecule has 2 nitrogen and oxygen atoms in total. The third kappa shape index (κ3) is 1.10. The molecule has 0 saturated heterocycles. The van der Waals surface area contributed by atoms with Crippen molar-refractivity contribution in [2.75, 3.05) is 13.2 Å². The quantitative estimate of drug-likeness (QED) is 0.720. The predicted molar refractivity (Wildman–Crippen MR) is 58.6 cm³/mol. The van der Waals surface area contributed by atoms with E-state index in [9.17, 15) is 0 Å². The van der Waals surface area contributed by atoms with Crippen LogP contribution in [0.2, 0.25) is 0 Å². The highest BCUT2D eigenvalue weighted by Gasteiger charge is 2.59. The van der Waals surface area contributed by atoms with Crippen LogP contribution >= 0.6 is 0 Å². The molecule has 1 N–H and O–H groups in total. The minimum Gasteiger partial charge on any atom is -0.394 e. The lowest BCUT2D eigenvalue weighted by molar-refractivity contribution is 0.193. The second kappa shape index (κ2) is 3.06. The van der Waals surface area contributed by atoms with Gasteiger partial charge in [0, 0.05) is 11.1 Å². The van der Waals surface area contributed by atoms with Gasteiger partial charge in [-0.25, -0.2) is 0 Å². The van der Waals surface area contributed by atoms with E-state index in [0.717, 1.165) is 5.92 Å². The molecule has 2 atom stereocenters. The van der Waals surface area contributed by atoms with Gasteiger partial charge < -0.3 is 5.11 Å². The largest absolute Gasteiger partial charge is 0.394 e. The summed E-state index contributed by atoms with van der Waals surface area (Å²) >= 11 is 0. The molecule has 2 aliphatic carbocycles. The Kier molecular flexibility index (Phi) is 2.22. The van der Waals surface area contributed by atoms with Crippen molar-refractivity contribution in [1.82, 2.24) is 0 Å². The normalized spacial score (nSPS) is 42.3. The van der Waals surface area contributed by atoms with Gasteiger partial charge in [-0.05, 0) is 30.6 Å². The summed E-state index contributed by atoms with van der Waals surface area (Å²) in [6, 6.07) is 0. The van der Waals surface area contributed by atoms with Crippen LogP contribution in [0, 0.1) is 16.7 Å². The van der Waals surface area contributed by atoms with E-state index in [4.69, 9.17) is 5.11 Å². The van der Waals surface area contributed by atoms with Gasteiger partial charge in [-0.15, -0.1) is 0 Å². The Hall–Kier alpha value is -0.370. The first kappa shape index (κ1) is 10.2. The summed E-state index contributed by atoms with van der Waals surface area (Å²) in [6.45, 7) is 7.90. The van der Waals surface area contributed by atoms with Gasteiger partial charge in [0.25, 0.3) is 0 Å². The zero-order valence-corrected chi connectivity index (χ0v) is 9.51. The number of hydrogen-bond donors (Lipinski definition) is 1. The van der Waals surface area contributed by atoms with E-state index in [1.54, 1.807) is 0 Å². The van der Waals surface area contributed by atoms with Crippen LogP contribution in [-0.4, -0.2) is 24.0 Å². The van der Waals surface area contributed by atoms with Crippen molar-refractivity contribution < 1.29 is 5.11 Å². The maximum Gasteiger partial charge on any atom is 0.0626 e. The van der Waals surface area contributed by atoms with Crippen LogP contribution in [0.4, 0.5) is 0 Å². The standard InChI is InChI=1S/C12H21NO/c1-11(2)9-4-5-12(11,3)10(8-9)13-6-7-14/h9,14H,4-8H2,1-3H3/t9-,12+/m1/s1. The van der Waals surface area contributed by atoms with Gasteiger partial charge >= 0.3 is 0 Å². The van der Waals surface area contributed by atoms with Crippen LogP contribution in [0.15, 0.2) is 4.99 Å². The topological polar surface area (TPSA) is 32.6 Å². The number of aliphatic hydroxyl groups is 1. The highest BCUT2D eigenvalue weighted by atomic mass is 16.3. The van der Waals surface area contributed by atoms with E-state index in [1.165, 1.54) is 25.0 Å². The molecular weight excluding hydrogens is 174 g/mol. The summed E-state index contributed by atoms with van der Waals surface area (Å²) < 4.78 is 0. The van der Waals surface area contributed by atoms with E-state index in [-0.39, 0.29) is 6.61 Å². The fraction of sp³-hybridized carbons (Fsp3) is 0.917. The molecule has 0 aromatic heterocycles. The minimum absolute atomic E-state index is 0.185. The molecule has 80 valence electrons. The Morgan fingerprint density at radius 1 is 1.43 bits per heavy atom. The molecule has 0 aromatic rings. The third-order valence-corrected chi connectivity index (χ3v) is 4.91. The van der Waals surface area contributed by atoms with Crippen LogP contribution in [-0.2, 0) is 0 Å². The van der Waals surface area contributed by atoms with Crippen LogP contribution in [0.5, 0.6) is 0 Å². The van der Waals surface area contributed by atoms with Gasteiger partial charge in [0.05, 0.1) is 13.2 Å². The predicted octanol–water partition coefficient (Wildman–Crippen LogP) is 2.27. The first-order valence-electron chi connectivity index (χ1n) is 5.67. The van der Waals surface area contributed by atoms with Gasteiger partial charge in [-0.2, -0.15) is 0 Å². The molecule has 0 unspecified atom stereocenters. The Bertz CT molecular complexity index is 269. The molecule has 0 radical (unpaired) electrons. The Balaban J connectivity index is 2.27. The van der Waals surface area contributed by atoms with E-state index < -0.39 is 0 Å². The lowest BCUT2D eigenvalue weighted by Gasteiger charge is -2.34. The fourth-order valence-electron chi connectivity index (χ4n) is 3.35. The molecule has 2 saturated carbocycles. The molecule has 0 amide bonds. The highest BCUT2D eigenvalue weighted by molar-refractivity contribution is 5.94. The van der Waals surface area contributed by atoms with Crippen molar-refractivity contribution in [1.29, 1.82) is 0 Å². The molecule has 2 bridgehead atoms. The minimum atomic E-state index is 0.185. The molecule has 0 aromatic carbocycles.